The van der Waals surface area contributed by atoms with Gasteiger partial charge in [-0.25, -0.2) is 0 Å². The van der Waals surface area contributed by atoms with Crippen molar-refractivity contribution in [3.05, 3.63) is 28.8 Å². The molecule has 1 aliphatic rings. The normalized spacial score (nSPS) is 15.7. The number of carbonyl (C=O) groups is 1. The summed E-state index contributed by atoms with van der Waals surface area (Å²) in [6.07, 6.45) is 4.24. The molecule has 1 saturated carbocycles. The number of para-hydroxylation sites is 1. The summed E-state index contributed by atoms with van der Waals surface area (Å²) in [5.41, 5.74) is 6.61. The van der Waals surface area contributed by atoms with Crippen LogP contribution >= 0.6 is 11.6 Å². The van der Waals surface area contributed by atoms with Gasteiger partial charge in [0.05, 0.1) is 22.9 Å². The molecule has 1 fully saturated rings. The van der Waals surface area contributed by atoms with Gasteiger partial charge in [-0.3, -0.25) is 4.79 Å². The van der Waals surface area contributed by atoms with Crippen molar-refractivity contribution in [2.45, 2.75) is 31.7 Å². The van der Waals surface area contributed by atoms with Gasteiger partial charge < -0.3 is 15.7 Å². The third-order valence-electron chi connectivity index (χ3n) is 3.65. The smallest absolute Gasteiger partial charge is 0.256 e. The number of anilines is 1. The van der Waals surface area contributed by atoms with Crippen molar-refractivity contribution >= 4 is 23.2 Å². The number of aliphatic hydroxyl groups is 1. The zero-order valence-electron chi connectivity index (χ0n) is 10.8. The molecule has 5 heteroatoms. The van der Waals surface area contributed by atoms with Crippen molar-refractivity contribution in [2.24, 2.45) is 0 Å². The lowest BCUT2D eigenvalue weighted by atomic mass is 10.1. The summed E-state index contributed by atoms with van der Waals surface area (Å²) in [6.45, 7) is 0.304. The average Bonchev–Trinajstić information content (AvgIpc) is 2.92. The Labute approximate surface area is 118 Å². The number of rotatable bonds is 4. The van der Waals surface area contributed by atoms with Gasteiger partial charge in [-0.15, -0.1) is 0 Å². The lowest BCUT2D eigenvalue weighted by Gasteiger charge is -2.29. The molecule has 0 saturated heterocycles. The van der Waals surface area contributed by atoms with Gasteiger partial charge in [0.25, 0.3) is 5.91 Å². The van der Waals surface area contributed by atoms with Crippen LogP contribution in [-0.2, 0) is 0 Å². The first kappa shape index (κ1) is 14.2. The number of nitrogens with zero attached hydrogens (tertiary/aromatic N) is 1. The Balaban J connectivity index is 2.25. The van der Waals surface area contributed by atoms with Crippen LogP contribution in [0.15, 0.2) is 18.2 Å². The molecule has 0 bridgehead atoms. The largest absolute Gasteiger partial charge is 0.397 e. The van der Waals surface area contributed by atoms with Crippen LogP contribution in [0.3, 0.4) is 0 Å². The summed E-state index contributed by atoms with van der Waals surface area (Å²) in [5.74, 6) is -0.138. The van der Waals surface area contributed by atoms with E-state index in [9.17, 15) is 4.79 Å². The number of carbonyl (C=O) groups excluding carboxylic acids is 1. The topological polar surface area (TPSA) is 66.6 Å². The Kier molecular flexibility index (Phi) is 4.66. The van der Waals surface area contributed by atoms with E-state index >= 15 is 0 Å². The Morgan fingerprint density at radius 1 is 1.42 bits per heavy atom. The lowest BCUT2D eigenvalue weighted by molar-refractivity contribution is 0.0639. The summed E-state index contributed by atoms with van der Waals surface area (Å²) in [5, 5.41) is 9.56. The number of hydrogen-bond donors (Lipinski definition) is 2. The lowest BCUT2D eigenvalue weighted by Crippen LogP contribution is -2.41. The van der Waals surface area contributed by atoms with Crippen LogP contribution in [0.1, 0.15) is 36.0 Å². The van der Waals surface area contributed by atoms with E-state index in [2.05, 4.69) is 0 Å². The Bertz CT molecular complexity index is 459. The first-order chi connectivity index (χ1) is 9.15. The second-order valence-corrected chi connectivity index (χ2v) is 5.27. The zero-order valence-corrected chi connectivity index (χ0v) is 11.6. The van der Waals surface area contributed by atoms with E-state index in [0.29, 0.717) is 22.8 Å². The first-order valence-corrected chi connectivity index (χ1v) is 6.98. The molecule has 1 aliphatic carbocycles. The number of amides is 1. The van der Waals surface area contributed by atoms with Gasteiger partial charge in [0, 0.05) is 12.6 Å². The fraction of sp³-hybridized carbons (Fsp3) is 0.500. The number of halogens is 1. The maximum Gasteiger partial charge on any atom is 0.256 e. The number of hydrogen-bond acceptors (Lipinski definition) is 3. The predicted molar refractivity (Wildman–Crippen MR) is 76.2 cm³/mol. The quantitative estimate of drug-likeness (QED) is 0.833. The van der Waals surface area contributed by atoms with Crippen molar-refractivity contribution in [3.8, 4) is 0 Å². The van der Waals surface area contributed by atoms with E-state index in [1.807, 2.05) is 0 Å². The molecule has 0 aliphatic heterocycles. The Morgan fingerprint density at radius 3 is 2.74 bits per heavy atom. The summed E-state index contributed by atoms with van der Waals surface area (Å²) in [6, 6.07) is 5.28. The molecule has 0 unspecified atom stereocenters. The van der Waals surface area contributed by atoms with Gasteiger partial charge >= 0.3 is 0 Å². The maximum atomic E-state index is 12.6. The van der Waals surface area contributed by atoms with Crippen LogP contribution in [0, 0.1) is 0 Å². The second kappa shape index (κ2) is 6.26. The molecule has 1 aromatic carbocycles. The van der Waals surface area contributed by atoms with Gasteiger partial charge in [-0.1, -0.05) is 30.5 Å². The molecule has 0 atom stereocenters. The molecule has 2 rings (SSSR count). The summed E-state index contributed by atoms with van der Waals surface area (Å²) >= 11 is 5.95. The fourth-order valence-corrected chi connectivity index (χ4v) is 2.83. The van der Waals surface area contributed by atoms with Gasteiger partial charge in [0.1, 0.15) is 0 Å². The molecule has 0 spiro atoms. The fourth-order valence-electron chi connectivity index (χ4n) is 2.65. The molecule has 104 valence electrons. The minimum absolute atomic E-state index is 0.0390. The molecular weight excluding hydrogens is 264 g/mol. The minimum atomic E-state index is -0.138. The monoisotopic (exact) mass is 282 g/mol. The van der Waals surface area contributed by atoms with Crippen molar-refractivity contribution in [3.63, 3.8) is 0 Å². The third kappa shape index (κ3) is 3.01. The van der Waals surface area contributed by atoms with E-state index in [0.717, 1.165) is 25.7 Å². The zero-order chi connectivity index (χ0) is 13.8. The van der Waals surface area contributed by atoms with E-state index in [1.54, 1.807) is 23.1 Å². The standard InChI is InChI=1S/C14H19ClN2O2/c15-12-7-3-6-11(13(12)16)14(19)17(8-9-18)10-4-1-2-5-10/h3,6-7,10,18H,1-2,4-5,8-9,16H2. The highest BCUT2D eigenvalue weighted by Crippen LogP contribution is 2.28. The molecule has 0 aromatic heterocycles. The Morgan fingerprint density at radius 2 is 2.11 bits per heavy atom. The van der Waals surface area contributed by atoms with Gasteiger partial charge in [0.2, 0.25) is 0 Å². The first-order valence-electron chi connectivity index (χ1n) is 6.61. The van der Waals surface area contributed by atoms with Crippen LogP contribution in [0.25, 0.3) is 0 Å². The van der Waals surface area contributed by atoms with E-state index in [-0.39, 0.29) is 18.6 Å². The SMILES string of the molecule is Nc1c(Cl)cccc1C(=O)N(CCO)C1CCCC1. The van der Waals surface area contributed by atoms with Crippen LogP contribution in [-0.4, -0.2) is 35.1 Å². The molecular formula is C14H19ClN2O2. The summed E-state index contributed by atoms with van der Waals surface area (Å²) in [7, 11) is 0. The number of aliphatic hydroxyl groups excluding tert-OH is 1. The third-order valence-corrected chi connectivity index (χ3v) is 3.98. The highest BCUT2D eigenvalue weighted by atomic mass is 35.5. The van der Waals surface area contributed by atoms with Gasteiger partial charge in [-0.2, -0.15) is 0 Å². The second-order valence-electron chi connectivity index (χ2n) is 4.86. The summed E-state index contributed by atoms with van der Waals surface area (Å²) < 4.78 is 0. The molecule has 3 N–H and O–H groups in total. The molecule has 19 heavy (non-hydrogen) atoms. The average molecular weight is 283 g/mol. The highest BCUT2D eigenvalue weighted by Gasteiger charge is 2.28. The Hall–Kier alpha value is -1.26. The molecule has 4 nitrogen and oxygen atoms in total. The van der Waals surface area contributed by atoms with Gasteiger partial charge in [0.15, 0.2) is 0 Å². The van der Waals surface area contributed by atoms with Crippen LogP contribution < -0.4 is 5.73 Å². The number of nitrogen functional groups attached to an aromatic ring is 1. The van der Waals surface area contributed by atoms with Crippen LogP contribution in [0.5, 0.6) is 0 Å². The number of benzene rings is 1. The van der Waals surface area contributed by atoms with Crippen LogP contribution in [0.4, 0.5) is 5.69 Å². The van der Waals surface area contributed by atoms with E-state index in [4.69, 9.17) is 22.4 Å². The molecule has 0 radical (unpaired) electrons. The number of nitrogens with two attached hydrogens (primary N) is 1. The molecule has 1 amide bonds. The molecule has 1 aromatic rings. The summed E-state index contributed by atoms with van der Waals surface area (Å²) in [4.78, 5) is 14.3. The van der Waals surface area contributed by atoms with Crippen molar-refractivity contribution in [1.29, 1.82) is 0 Å². The van der Waals surface area contributed by atoms with E-state index in [1.165, 1.54) is 0 Å². The van der Waals surface area contributed by atoms with Crippen LogP contribution in [0.2, 0.25) is 5.02 Å². The minimum Gasteiger partial charge on any atom is -0.397 e. The van der Waals surface area contributed by atoms with Gasteiger partial charge in [-0.05, 0) is 25.0 Å². The van der Waals surface area contributed by atoms with Crippen molar-refractivity contribution in [2.75, 3.05) is 18.9 Å². The maximum absolute atomic E-state index is 12.6. The predicted octanol–water partition coefficient (Wildman–Crippen LogP) is 2.30. The van der Waals surface area contributed by atoms with Crippen molar-refractivity contribution < 1.29 is 9.90 Å². The molecule has 0 heterocycles. The highest BCUT2D eigenvalue weighted by molar-refractivity contribution is 6.33. The van der Waals surface area contributed by atoms with Crippen molar-refractivity contribution in [1.82, 2.24) is 4.90 Å². The van der Waals surface area contributed by atoms with E-state index < -0.39 is 0 Å².